The second-order valence-corrected chi connectivity index (χ2v) is 4.14. The summed E-state index contributed by atoms with van der Waals surface area (Å²) in [7, 11) is 0. The van der Waals surface area contributed by atoms with Crippen molar-refractivity contribution in [3.63, 3.8) is 0 Å². The minimum Gasteiger partial charge on any atom is -0.398 e. The summed E-state index contributed by atoms with van der Waals surface area (Å²) >= 11 is 0. The maximum atomic E-state index is 5.94. The Hall–Kier alpha value is -2.04. The van der Waals surface area contributed by atoms with Gasteiger partial charge in [-0.1, -0.05) is 12.1 Å². The largest absolute Gasteiger partial charge is 0.398 e. The maximum absolute atomic E-state index is 5.94. The second-order valence-electron chi connectivity index (χ2n) is 4.14. The van der Waals surface area contributed by atoms with Crippen LogP contribution in [-0.4, -0.2) is 21.3 Å². The highest BCUT2D eigenvalue weighted by Crippen LogP contribution is 2.27. The van der Waals surface area contributed by atoms with Crippen LogP contribution in [0.25, 0.3) is 11.4 Å². The van der Waals surface area contributed by atoms with Gasteiger partial charge in [0.05, 0.1) is 0 Å². The molecule has 5 nitrogen and oxygen atoms in total. The fourth-order valence-corrected chi connectivity index (χ4v) is 1.99. The fraction of sp³-hybridized carbons (Fsp3) is 0.385. The molecule has 0 saturated heterocycles. The first kappa shape index (κ1) is 12.4. The molecule has 0 bridgehead atoms. The van der Waals surface area contributed by atoms with Crippen LogP contribution in [0.15, 0.2) is 18.2 Å². The van der Waals surface area contributed by atoms with Crippen LogP contribution in [0.5, 0.6) is 0 Å². The van der Waals surface area contributed by atoms with Gasteiger partial charge < -0.3 is 11.1 Å². The van der Waals surface area contributed by atoms with E-state index in [1.165, 1.54) is 0 Å². The Morgan fingerprint density at radius 3 is 2.72 bits per heavy atom. The third kappa shape index (κ3) is 2.03. The van der Waals surface area contributed by atoms with Gasteiger partial charge in [0.1, 0.15) is 0 Å². The zero-order chi connectivity index (χ0) is 13.1. The van der Waals surface area contributed by atoms with E-state index >= 15 is 0 Å². The van der Waals surface area contributed by atoms with Crippen LogP contribution in [0.3, 0.4) is 0 Å². The van der Waals surface area contributed by atoms with Gasteiger partial charge in [-0.2, -0.15) is 0 Å². The Balaban J connectivity index is 2.53. The fourth-order valence-electron chi connectivity index (χ4n) is 1.99. The molecule has 0 spiro atoms. The standard InChI is InChI=1S/C13H19N5/c1-4-15-13-17-16-12(18(13)5-2)10-7-6-8-11(14)9(10)3/h6-8H,4-5,14H2,1-3H3,(H,15,17). The van der Waals surface area contributed by atoms with Crippen LogP contribution < -0.4 is 11.1 Å². The summed E-state index contributed by atoms with van der Waals surface area (Å²) in [4.78, 5) is 0. The molecule has 0 unspecified atom stereocenters. The Morgan fingerprint density at radius 2 is 2.06 bits per heavy atom. The molecule has 0 aliphatic heterocycles. The van der Waals surface area contributed by atoms with Gasteiger partial charge >= 0.3 is 0 Å². The van der Waals surface area contributed by atoms with E-state index in [2.05, 4.69) is 27.0 Å². The molecule has 5 heteroatoms. The van der Waals surface area contributed by atoms with Gasteiger partial charge in [-0.25, -0.2) is 0 Å². The van der Waals surface area contributed by atoms with Crippen molar-refractivity contribution in [1.29, 1.82) is 0 Å². The Kier molecular flexibility index (Phi) is 3.50. The summed E-state index contributed by atoms with van der Waals surface area (Å²) < 4.78 is 2.06. The molecule has 0 radical (unpaired) electrons. The summed E-state index contributed by atoms with van der Waals surface area (Å²) in [5, 5.41) is 11.7. The molecule has 96 valence electrons. The quantitative estimate of drug-likeness (QED) is 0.811. The minimum atomic E-state index is 0.781. The SMILES string of the molecule is CCNc1nnc(-c2cccc(N)c2C)n1CC. The van der Waals surface area contributed by atoms with Gasteiger partial charge in [0, 0.05) is 24.3 Å². The first-order valence-corrected chi connectivity index (χ1v) is 6.21. The lowest BCUT2D eigenvalue weighted by Gasteiger charge is -2.10. The molecule has 1 aromatic heterocycles. The van der Waals surface area contributed by atoms with Crippen molar-refractivity contribution in [2.45, 2.75) is 27.3 Å². The van der Waals surface area contributed by atoms with Crippen molar-refractivity contribution in [1.82, 2.24) is 14.8 Å². The topological polar surface area (TPSA) is 68.8 Å². The number of nitrogen functional groups attached to an aromatic ring is 1. The van der Waals surface area contributed by atoms with E-state index in [1.54, 1.807) is 0 Å². The van der Waals surface area contributed by atoms with E-state index in [1.807, 2.05) is 32.0 Å². The van der Waals surface area contributed by atoms with Crippen molar-refractivity contribution in [2.24, 2.45) is 0 Å². The third-order valence-corrected chi connectivity index (χ3v) is 3.02. The average Bonchev–Trinajstić information content (AvgIpc) is 2.76. The molecule has 0 fully saturated rings. The number of rotatable bonds is 4. The van der Waals surface area contributed by atoms with Crippen molar-refractivity contribution < 1.29 is 0 Å². The third-order valence-electron chi connectivity index (χ3n) is 3.02. The summed E-state index contributed by atoms with van der Waals surface area (Å²) in [6.07, 6.45) is 0. The minimum absolute atomic E-state index is 0.781. The molecule has 18 heavy (non-hydrogen) atoms. The number of aromatic nitrogens is 3. The molecule has 0 amide bonds. The van der Waals surface area contributed by atoms with Crippen molar-refractivity contribution >= 4 is 11.6 Å². The number of hydrogen-bond acceptors (Lipinski definition) is 4. The average molecular weight is 245 g/mol. The monoisotopic (exact) mass is 245 g/mol. The lowest BCUT2D eigenvalue weighted by molar-refractivity contribution is 0.770. The molecular weight excluding hydrogens is 226 g/mol. The smallest absolute Gasteiger partial charge is 0.224 e. The van der Waals surface area contributed by atoms with Crippen LogP contribution in [0.2, 0.25) is 0 Å². The van der Waals surface area contributed by atoms with E-state index in [0.717, 1.165) is 41.7 Å². The van der Waals surface area contributed by atoms with Crippen LogP contribution in [-0.2, 0) is 6.54 Å². The first-order chi connectivity index (χ1) is 8.69. The van der Waals surface area contributed by atoms with Gasteiger partial charge in [0.15, 0.2) is 5.82 Å². The van der Waals surface area contributed by atoms with Crippen molar-refractivity contribution in [3.05, 3.63) is 23.8 Å². The highest BCUT2D eigenvalue weighted by molar-refractivity contribution is 5.68. The highest BCUT2D eigenvalue weighted by atomic mass is 15.3. The number of hydrogen-bond donors (Lipinski definition) is 2. The van der Waals surface area contributed by atoms with E-state index < -0.39 is 0 Å². The number of nitrogens with zero attached hydrogens (tertiary/aromatic N) is 3. The first-order valence-electron chi connectivity index (χ1n) is 6.21. The van der Waals surface area contributed by atoms with Crippen LogP contribution in [0.4, 0.5) is 11.6 Å². The van der Waals surface area contributed by atoms with Crippen LogP contribution in [0, 0.1) is 6.92 Å². The van der Waals surface area contributed by atoms with Gasteiger partial charge in [-0.15, -0.1) is 10.2 Å². The number of anilines is 2. The summed E-state index contributed by atoms with van der Waals surface area (Å²) in [5.74, 6) is 1.66. The summed E-state index contributed by atoms with van der Waals surface area (Å²) in [6, 6.07) is 5.87. The molecule has 2 rings (SSSR count). The van der Waals surface area contributed by atoms with E-state index in [4.69, 9.17) is 5.73 Å². The van der Waals surface area contributed by atoms with Gasteiger partial charge in [0.2, 0.25) is 5.95 Å². The molecule has 0 saturated carbocycles. The Labute approximate surface area is 107 Å². The highest BCUT2D eigenvalue weighted by Gasteiger charge is 2.14. The zero-order valence-electron chi connectivity index (χ0n) is 11.1. The lowest BCUT2D eigenvalue weighted by atomic mass is 10.1. The summed E-state index contributed by atoms with van der Waals surface area (Å²) in [6.45, 7) is 7.77. The number of nitrogens with two attached hydrogens (primary N) is 1. The predicted molar refractivity (Wildman–Crippen MR) is 74.4 cm³/mol. The molecule has 2 aromatic rings. The zero-order valence-corrected chi connectivity index (χ0v) is 11.1. The Morgan fingerprint density at radius 1 is 1.28 bits per heavy atom. The molecule has 1 aromatic carbocycles. The molecule has 1 heterocycles. The van der Waals surface area contributed by atoms with Gasteiger partial charge in [0.25, 0.3) is 0 Å². The maximum Gasteiger partial charge on any atom is 0.224 e. The van der Waals surface area contributed by atoms with Crippen molar-refractivity contribution in [3.8, 4) is 11.4 Å². The van der Waals surface area contributed by atoms with Crippen LogP contribution >= 0.6 is 0 Å². The molecule has 0 aliphatic carbocycles. The Bertz CT molecular complexity index is 544. The van der Waals surface area contributed by atoms with E-state index in [-0.39, 0.29) is 0 Å². The second kappa shape index (κ2) is 5.08. The van der Waals surface area contributed by atoms with E-state index in [0.29, 0.717) is 0 Å². The summed E-state index contributed by atoms with van der Waals surface area (Å²) in [5.41, 5.74) is 8.80. The molecular formula is C13H19N5. The van der Waals surface area contributed by atoms with Gasteiger partial charge in [-0.3, -0.25) is 4.57 Å². The molecule has 0 aliphatic rings. The van der Waals surface area contributed by atoms with Crippen LogP contribution in [0.1, 0.15) is 19.4 Å². The number of benzene rings is 1. The number of nitrogens with one attached hydrogen (secondary N) is 1. The predicted octanol–water partition coefficient (Wildman–Crippen LogP) is 2.29. The molecule has 3 N–H and O–H groups in total. The van der Waals surface area contributed by atoms with E-state index in [9.17, 15) is 0 Å². The normalized spacial score (nSPS) is 10.6. The van der Waals surface area contributed by atoms with Crippen molar-refractivity contribution in [2.75, 3.05) is 17.6 Å². The lowest BCUT2D eigenvalue weighted by Crippen LogP contribution is -2.07. The van der Waals surface area contributed by atoms with Gasteiger partial charge in [-0.05, 0) is 32.4 Å². The molecule has 0 atom stereocenters.